The summed E-state index contributed by atoms with van der Waals surface area (Å²) in [5, 5.41) is 17.6. The van der Waals surface area contributed by atoms with Crippen molar-refractivity contribution in [2.75, 3.05) is 19.9 Å². The number of fused-ring (bicyclic) bond motifs is 1. The van der Waals surface area contributed by atoms with Gasteiger partial charge in [-0.05, 0) is 38.0 Å². The van der Waals surface area contributed by atoms with Gasteiger partial charge in [0.25, 0.3) is 0 Å². The van der Waals surface area contributed by atoms with Crippen LogP contribution in [0.15, 0.2) is 22.7 Å². The summed E-state index contributed by atoms with van der Waals surface area (Å²) in [7, 11) is 0. The van der Waals surface area contributed by atoms with Crippen LogP contribution >= 0.6 is 0 Å². The minimum atomic E-state index is -0.606. The van der Waals surface area contributed by atoms with Crippen LogP contribution in [-0.2, 0) is 4.74 Å². The van der Waals surface area contributed by atoms with E-state index in [0.29, 0.717) is 29.8 Å². The van der Waals surface area contributed by atoms with Crippen molar-refractivity contribution >= 4 is 0 Å². The van der Waals surface area contributed by atoms with E-state index in [1.807, 2.05) is 32.0 Å². The second kappa shape index (κ2) is 9.36. The van der Waals surface area contributed by atoms with E-state index in [2.05, 4.69) is 29.3 Å². The lowest BCUT2D eigenvalue weighted by atomic mass is 9.99. The van der Waals surface area contributed by atoms with E-state index in [4.69, 9.17) is 18.7 Å². The molecule has 1 aromatic heterocycles. The number of nitrogens with one attached hydrogen (secondary N) is 1. The topological polar surface area (TPSA) is 98.9 Å². The first kappa shape index (κ1) is 20.6. The fourth-order valence-corrected chi connectivity index (χ4v) is 2.91. The highest BCUT2D eigenvalue weighted by molar-refractivity contribution is 5.61. The van der Waals surface area contributed by atoms with Gasteiger partial charge in [0, 0.05) is 12.1 Å². The number of aromatic nitrogens is 2. The van der Waals surface area contributed by atoms with Crippen LogP contribution in [0.1, 0.15) is 46.0 Å². The van der Waals surface area contributed by atoms with Crippen LogP contribution in [-0.4, -0.2) is 47.4 Å². The highest BCUT2D eigenvalue weighted by Gasteiger charge is 2.26. The largest absolute Gasteiger partial charge is 0.454 e. The summed E-state index contributed by atoms with van der Waals surface area (Å²) in [4.78, 5) is 4.58. The molecular formula is C20H29N3O5. The van der Waals surface area contributed by atoms with Crippen molar-refractivity contribution in [2.45, 2.75) is 52.4 Å². The van der Waals surface area contributed by atoms with E-state index in [1.165, 1.54) is 0 Å². The molecule has 0 fully saturated rings. The lowest BCUT2D eigenvalue weighted by Gasteiger charge is -2.22. The Kier molecular flexibility index (Phi) is 6.88. The molecule has 3 rings (SSSR count). The Morgan fingerprint density at radius 2 is 2.00 bits per heavy atom. The molecule has 0 saturated carbocycles. The molecule has 1 aliphatic heterocycles. The number of ether oxygens (including phenoxy) is 3. The summed E-state index contributed by atoms with van der Waals surface area (Å²) < 4.78 is 21.8. The predicted octanol–water partition coefficient (Wildman–Crippen LogP) is 2.93. The van der Waals surface area contributed by atoms with Gasteiger partial charge in [0.2, 0.25) is 18.5 Å². The molecule has 2 heterocycles. The van der Waals surface area contributed by atoms with E-state index in [9.17, 15) is 5.11 Å². The Morgan fingerprint density at radius 3 is 2.75 bits per heavy atom. The molecule has 0 aliphatic carbocycles. The van der Waals surface area contributed by atoms with Crippen molar-refractivity contribution in [1.82, 2.24) is 15.5 Å². The normalized spacial score (nSPS) is 16.4. The Labute approximate surface area is 165 Å². The third kappa shape index (κ3) is 5.01. The average Bonchev–Trinajstić information content (AvgIpc) is 3.35. The number of nitrogens with zero attached hydrogens (tertiary/aromatic N) is 2. The maximum atomic E-state index is 10.1. The molecule has 28 heavy (non-hydrogen) atoms. The van der Waals surface area contributed by atoms with Gasteiger partial charge in [0.15, 0.2) is 11.5 Å². The highest BCUT2D eigenvalue weighted by Crippen LogP contribution is 2.35. The van der Waals surface area contributed by atoms with Gasteiger partial charge in [-0.25, -0.2) is 0 Å². The van der Waals surface area contributed by atoms with Crippen LogP contribution in [0.3, 0.4) is 0 Å². The minimum absolute atomic E-state index is 0.0835. The fourth-order valence-electron chi connectivity index (χ4n) is 2.91. The van der Waals surface area contributed by atoms with Crippen molar-refractivity contribution in [3.63, 3.8) is 0 Å². The molecule has 2 aromatic rings. The molecule has 1 aromatic carbocycles. The van der Waals surface area contributed by atoms with Gasteiger partial charge in [0.1, 0.15) is 0 Å². The monoisotopic (exact) mass is 391 g/mol. The van der Waals surface area contributed by atoms with Gasteiger partial charge in [-0.2, -0.15) is 4.98 Å². The molecule has 3 unspecified atom stereocenters. The van der Waals surface area contributed by atoms with Crippen molar-refractivity contribution in [1.29, 1.82) is 0 Å². The lowest BCUT2D eigenvalue weighted by molar-refractivity contribution is 0.00427. The fraction of sp³-hybridized carbons (Fsp3) is 0.600. The second-order valence-electron chi connectivity index (χ2n) is 7.33. The molecule has 0 saturated heterocycles. The maximum absolute atomic E-state index is 10.1. The van der Waals surface area contributed by atoms with E-state index >= 15 is 0 Å². The van der Waals surface area contributed by atoms with Gasteiger partial charge < -0.3 is 29.2 Å². The number of rotatable bonds is 10. The number of aliphatic hydroxyl groups excluding tert-OH is 1. The Morgan fingerprint density at radius 1 is 1.21 bits per heavy atom. The molecule has 2 N–H and O–H groups in total. The summed E-state index contributed by atoms with van der Waals surface area (Å²) in [6, 6.07) is 5.40. The summed E-state index contributed by atoms with van der Waals surface area (Å²) in [6.45, 7) is 8.98. The van der Waals surface area contributed by atoms with Crippen molar-refractivity contribution in [2.24, 2.45) is 5.92 Å². The minimum Gasteiger partial charge on any atom is -0.454 e. The average molecular weight is 391 g/mol. The number of benzene rings is 1. The van der Waals surface area contributed by atoms with E-state index in [0.717, 1.165) is 12.0 Å². The lowest BCUT2D eigenvalue weighted by Crippen LogP contribution is -2.36. The Bertz CT molecular complexity index is 764. The Balaban J connectivity index is 1.69. The van der Waals surface area contributed by atoms with Gasteiger partial charge >= 0.3 is 0 Å². The van der Waals surface area contributed by atoms with Crippen LogP contribution < -0.4 is 14.8 Å². The molecular weight excluding hydrogens is 362 g/mol. The number of hydrogen-bond acceptors (Lipinski definition) is 8. The third-order valence-corrected chi connectivity index (χ3v) is 4.75. The van der Waals surface area contributed by atoms with Gasteiger partial charge in [-0.3, -0.25) is 0 Å². The first-order valence-corrected chi connectivity index (χ1v) is 9.74. The van der Waals surface area contributed by atoms with Gasteiger partial charge in [0.05, 0.1) is 24.9 Å². The summed E-state index contributed by atoms with van der Waals surface area (Å²) in [5.74, 6) is 2.63. The summed E-state index contributed by atoms with van der Waals surface area (Å²) in [5.41, 5.74) is 0.799. The van der Waals surface area contributed by atoms with E-state index < -0.39 is 6.10 Å². The van der Waals surface area contributed by atoms with Crippen molar-refractivity contribution in [3.8, 4) is 22.9 Å². The Hall–Kier alpha value is -2.16. The van der Waals surface area contributed by atoms with Crippen molar-refractivity contribution < 1.29 is 23.8 Å². The molecule has 0 bridgehead atoms. The quantitative estimate of drug-likeness (QED) is 0.638. The SMILES string of the molecule is CCC(C)C(NCC(O)COC(C)C)c1nc(-c2ccc3c(c2)OCO3)no1. The van der Waals surface area contributed by atoms with Gasteiger partial charge in [-0.1, -0.05) is 25.4 Å². The van der Waals surface area contributed by atoms with Gasteiger partial charge in [-0.15, -0.1) is 0 Å². The van der Waals surface area contributed by atoms with E-state index in [1.54, 1.807) is 0 Å². The van der Waals surface area contributed by atoms with Crippen LogP contribution in [0.2, 0.25) is 0 Å². The number of aliphatic hydroxyl groups is 1. The van der Waals surface area contributed by atoms with Crippen LogP contribution in [0, 0.1) is 5.92 Å². The van der Waals surface area contributed by atoms with Crippen LogP contribution in [0.25, 0.3) is 11.4 Å². The maximum Gasteiger partial charge on any atom is 0.244 e. The molecule has 0 amide bonds. The number of hydrogen-bond donors (Lipinski definition) is 2. The zero-order chi connectivity index (χ0) is 20.1. The van der Waals surface area contributed by atoms with Crippen molar-refractivity contribution in [3.05, 3.63) is 24.1 Å². The predicted molar refractivity (Wildman–Crippen MR) is 103 cm³/mol. The second-order valence-corrected chi connectivity index (χ2v) is 7.33. The first-order valence-electron chi connectivity index (χ1n) is 9.74. The standard InChI is InChI=1S/C20H29N3O5/c1-5-13(4)18(21-9-15(24)10-25-12(2)3)20-22-19(23-28-20)14-6-7-16-17(8-14)27-11-26-16/h6-8,12-13,15,18,21,24H,5,9-11H2,1-4H3. The molecule has 0 spiro atoms. The smallest absolute Gasteiger partial charge is 0.244 e. The molecule has 0 radical (unpaired) electrons. The first-order chi connectivity index (χ1) is 13.5. The molecule has 1 aliphatic rings. The van der Waals surface area contributed by atoms with Crippen LogP contribution in [0.4, 0.5) is 0 Å². The highest BCUT2D eigenvalue weighted by atomic mass is 16.7. The zero-order valence-corrected chi connectivity index (χ0v) is 16.8. The summed E-state index contributed by atoms with van der Waals surface area (Å²) in [6.07, 6.45) is 0.406. The molecule has 3 atom stereocenters. The van der Waals surface area contributed by atoms with E-state index in [-0.39, 0.29) is 31.5 Å². The molecule has 8 heteroatoms. The molecule has 154 valence electrons. The summed E-state index contributed by atoms with van der Waals surface area (Å²) >= 11 is 0. The van der Waals surface area contributed by atoms with Crippen LogP contribution in [0.5, 0.6) is 11.5 Å². The zero-order valence-electron chi connectivity index (χ0n) is 16.8. The third-order valence-electron chi connectivity index (χ3n) is 4.75. The molecule has 8 nitrogen and oxygen atoms in total.